The normalized spacial score (nSPS) is 22.1. The molecule has 0 amide bonds. The van der Waals surface area contributed by atoms with Gasteiger partial charge in [-0.3, -0.25) is 0 Å². The molecule has 3 saturated carbocycles. The molecule has 2 spiro atoms. The Morgan fingerprint density at radius 3 is 1.26 bits per heavy atom. The van der Waals surface area contributed by atoms with E-state index in [0.717, 1.165) is 49.7 Å². The number of rotatable bonds is 21. The highest BCUT2D eigenvalue weighted by atomic mass is 32.1. The van der Waals surface area contributed by atoms with E-state index in [1.165, 1.54) is 169 Å². The lowest BCUT2D eigenvalue weighted by Gasteiger charge is -2.68. The Bertz CT molecular complexity index is 4260. The van der Waals surface area contributed by atoms with E-state index in [1.807, 2.05) is 18.3 Å². The van der Waals surface area contributed by atoms with Crippen LogP contribution in [0.15, 0.2) is 194 Å². The van der Waals surface area contributed by atoms with Crippen LogP contribution in [0.3, 0.4) is 0 Å². The van der Waals surface area contributed by atoms with Gasteiger partial charge in [-0.25, -0.2) is 4.79 Å². The second-order valence-electron chi connectivity index (χ2n) is 31.5. The van der Waals surface area contributed by atoms with E-state index < -0.39 is 0 Å². The van der Waals surface area contributed by atoms with Crippen LogP contribution in [-0.4, -0.2) is 19.2 Å². The Hall–Kier alpha value is -7.53. The molecule has 1 heterocycles. The van der Waals surface area contributed by atoms with Gasteiger partial charge in [0.05, 0.1) is 13.2 Å². The summed E-state index contributed by atoms with van der Waals surface area (Å²) in [6.45, 7) is 29.6. The molecule has 8 aromatic carbocycles. The Kier molecular flexibility index (Phi) is 17.4. The van der Waals surface area contributed by atoms with Crippen LogP contribution in [0.1, 0.15) is 193 Å². The number of hydrogen-bond acceptors (Lipinski definition) is 4. The molecular formula is C91H100O3S. The molecule has 0 radical (unpaired) electrons. The van der Waals surface area contributed by atoms with E-state index in [9.17, 15) is 4.79 Å². The van der Waals surface area contributed by atoms with Gasteiger partial charge in [-0.05, 0) is 253 Å². The third-order valence-electron chi connectivity index (χ3n) is 24.5. The van der Waals surface area contributed by atoms with E-state index in [4.69, 9.17) is 9.47 Å². The van der Waals surface area contributed by atoms with Crippen molar-refractivity contribution >= 4 is 17.3 Å². The zero-order chi connectivity index (χ0) is 66.1. The molecule has 9 aromatic rings. The lowest BCUT2D eigenvalue weighted by molar-refractivity contribution is -0.139. The molecule has 0 atom stereocenters. The van der Waals surface area contributed by atoms with Crippen molar-refractivity contribution < 1.29 is 14.3 Å². The van der Waals surface area contributed by atoms with Gasteiger partial charge in [0.1, 0.15) is 5.75 Å². The first-order valence-electron chi connectivity index (χ1n) is 36.4. The summed E-state index contributed by atoms with van der Waals surface area (Å²) in [5.41, 5.74) is 26.8. The second kappa shape index (κ2) is 25.5. The Balaban J connectivity index is 0.660. The summed E-state index contributed by atoms with van der Waals surface area (Å²) in [5, 5.41) is 0. The average Bonchev–Trinajstić information content (AvgIpc) is 1.57. The predicted molar refractivity (Wildman–Crippen MR) is 401 cm³/mol. The fourth-order valence-electron chi connectivity index (χ4n) is 20.6. The summed E-state index contributed by atoms with van der Waals surface area (Å²) in [7, 11) is 0. The highest BCUT2D eigenvalue weighted by Crippen LogP contribution is 2.77. The molecular weight excluding hydrogens is 1170 g/mol. The number of carbonyl (C=O) groups is 1. The van der Waals surface area contributed by atoms with Gasteiger partial charge in [0.25, 0.3) is 0 Å². The van der Waals surface area contributed by atoms with E-state index in [1.54, 1.807) is 11.1 Å². The molecule has 0 saturated heterocycles. The van der Waals surface area contributed by atoms with Crippen LogP contribution in [0, 0.1) is 40.4 Å². The van der Waals surface area contributed by atoms with Crippen LogP contribution in [0.5, 0.6) is 5.75 Å². The van der Waals surface area contributed by atoms with Crippen LogP contribution >= 0.6 is 11.3 Å². The van der Waals surface area contributed by atoms with E-state index in [2.05, 4.69) is 251 Å². The molecule has 4 heteroatoms. The minimum Gasteiger partial charge on any atom is -0.494 e. The van der Waals surface area contributed by atoms with Crippen molar-refractivity contribution in [3.8, 4) is 93.4 Å². The van der Waals surface area contributed by atoms with Crippen molar-refractivity contribution in [2.75, 3.05) is 13.2 Å². The molecule has 3 nitrogen and oxygen atoms in total. The van der Waals surface area contributed by atoms with Crippen molar-refractivity contribution in [1.29, 1.82) is 0 Å². The fourth-order valence-corrected chi connectivity index (χ4v) is 21.6. The van der Waals surface area contributed by atoms with Crippen LogP contribution in [0.25, 0.3) is 87.6 Å². The van der Waals surface area contributed by atoms with Crippen LogP contribution in [-0.2, 0) is 20.4 Å². The van der Waals surface area contributed by atoms with Gasteiger partial charge in [0.2, 0.25) is 0 Å². The summed E-state index contributed by atoms with van der Waals surface area (Å²) in [5.74, 6) is 2.24. The molecule has 0 unspecified atom stereocenters. The maximum atomic E-state index is 11.8. The predicted octanol–water partition coefficient (Wildman–Crippen LogP) is 25.7. The number of carbonyl (C=O) groups excluding carboxylic acids is 1. The SMILES string of the molecule is C=C(CC)C(=O)OCCCCCCCOc1ccc(-c2ccc(-c3ccc4c(c3)C3(c5cc(-c6ccc(-c7ccc(-c8ccc(-c9ccc%10c(c9)C9(c%11cc(C)ccc%11-%10)C%10(C)CC(CCC)CC9(C)CC(CCC)C%10)cc8)cc7)cc6)ccc5-4)C(C)(C)CCC3(C)C)s2)cc1. The van der Waals surface area contributed by atoms with E-state index in [-0.39, 0.29) is 38.5 Å². The van der Waals surface area contributed by atoms with Gasteiger partial charge in [-0.15, -0.1) is 11.3 Å². The van der Waals surface area contributed by atoms with Gasteiger partial charge in [0, 0.05) is 26.2 Å². The number of unbranched alkanes of at least 4 members (excludes halogenated alkanes) is 4. The summed E-state index contributed by atoms with van der Waals surface area (Å²) in [6, 6.07) is 70.9. The molecule has 5 aliphatic rings. The Morgan fingerprint density at radius 2 is 0.800 bits per heavy atom. The Labute approximate surface area is 572 Å². The van der Waals surface area contributed by atoms with Crippen molar-refractivity contribution in [1.82, 2.24) is 0 Å². The summed E-state index contributed by atoms with van der Waals surface area (Å²) in [4.78, 5) is 14.4. The Morgan fingerprint density at radius 1 is 0.432 bits per heavy atom. The number of thiophene rings is 1. The number of ether oxygens (including phenoxy) is 2. The van der Waals surface area contributed by atoms with Crippen molar-refractivity contribution in [2.24, 2.45) is 33.5 Å². The van der Waals surface area contributed by atoms with Gasteiger partial charge >= 0.3 is 5.97 Å². The topological polar surface area (TPSA) is 35.5 Å². The van der Waals surface area contributed by atoms with Crippen LogP contribution in [0.2, 0.25) is 0 Å². The van der Waals surface area contributed by atoms with Gasteiger partial charge < -0.3 is 9.47 Å². The quantitative estimate of drug-likeness (QED) is 0.0409. The van der Waals surface area contributed by atoms with Gasteiger partial charge in [0.15, 0.2) is 0 Å². The van der Waals surface area contributed by atoms with Crippen molar-refractivity contribution in [3.05, 3.63) is 222 Å². The lowest BCUT2D eigenvalue weighted by Crippen LogP contribution is -2.63. The number of esters is 1. The van der Waals surface area contributed by atoms with Crippen LogP contribution < -0.4 is 4.74 Å². The first-order valence-corrected chi connectivity index (χ1v) is 37.2. The highest BCUT2D eigenvalue weighted by Gasteiger charge is 2.70. The first kappa shape index (κ1) is 64.8. The van der Waals surface area contributed by atoms with Gasteiger partial charge in [-0.1, -0.05) is 247 Å². The number of benzene rings is 8. The minimum absolute atomic E-state index is 0.000241. The second-order valence-corrected chi connectivity index (χ2v) is 32.6. The zero-order valence-electron chi connectivity index (χ0n) is 58.5. The van der Waals surface area contributed by atoms with Crippen molar-refractivity contribution in [3.63, 3.8) is 0 Å². The maximum Gasteiger partial charge on any atom is 0.333 e. The van der Waals surface area contributed by atoms with Gasteiger partial charge in [-0.2, -0.15) is 0 Å². The maximum absolute atomic E-state index is 11.8. The minimum atomic E-state index is -0.266. The lowest BCUT2D eigenvalue weighted by atomic mass is 9.35. The molecule has 5 aliphatic carbocycles. The molecule has 95 heavy (non-hydrogen) atoms. The van der Waals surface area contributed by atoms with Crippen molar-refractivity contribution in [2.45, 2.75) is 183 Å². The largest absolute Gasteiger partial charge is 0.494 e. The van der Waals surface area contributed by atoms with E-state index >= 15 is 0 Å². The zero-order valence-corrected chi connectivity index (χ0v) is 59.4. The molecule has 14 rings (SSSR count). The number of aryl methyl sites for hydroxylation is 1. The molecule has 488 valence electrons. The third-order valence-corrected chi connectivity index (χ3v) is 25.7. The molecule has 0 N–H and O–H groups in total. The smallest absolute Gasteiger partial charge is 0.333 e. The third kappa shape index (κ3) is 11.0. The highest BCUT2D eigenvalue weighted by molar-refractivity contribution is 7.18. The average molecular weight is 1270 g/mol. The molecule has 3 fully saturated rings. The fraction of sp³-hybridized carbons (Fsp3) is 0.396. The summed E-state index contributed by atoms with van der Waals surface area (Å²) < 4.78 is 11.5. The van der Waals surface area contributed by atoms with E-state index in [0.29, 0.717) is 25.2 Å². The standard InChI is InChI=1S/C91H100O3S/c1-12-20-62-56-88(10)58-63(21-13-2)59-89(11,57-62)91(88)79-52-60(4)22-42-75(79)78-44-38-72(54-82(78)91)69-33-29-67(30-34-69)65-25-23-64(24-26-65)66-27-31-68(32-28-66)71-37-43-76-77-45-39-73(55-81(77)90(80(76)53-71)86(6,7)48-49-87(90,8)9)84-47-46-83(95-84)70-35-40-74(41-36-70)93-50-18-16-15-17-19-51-94-85(92)61(5)14-3/h22-47,52-55,62-63H,5,12-21,48-51,56-59H2,1-4,6-11H3. The number of hydrogen-bond donors (Lipinski definition) is 0. The first-order chi connectivity index (χ1) is 45.8. The van der Waals surface area contributed by atoms with Crippen LogP contribution in [0.4, 0.5) is 0 Å². The molecule has 1 aromatic heterocycles. The molecule has 2 bridgehead atoms. The monoisotopic (exact) mass is 1270 g/mol. The summed E-state index contributed by atoms with van der Waals surface area (Å²) >= 11 is 1.87. The number of fused-ring (bicyclic) bond motifs is 8. The molecule has 0 aliphatic heterocycles. The summed E-state index contributed by atoms with van der Waals surface area (Å²) in [6.07, 6.45) is 18.7.